The summed E-state index contributed by atoms with van der Waals surface area (Å²) in [6.07, 6.45) is 5.07. The van der Waals surface area contributed by atoms with E-state index in [9.17, 15) is 4.79 Å². The fraction of sp³-hybridized carbons (Fsp3) is 0.400. The monoisotopic (exact) mass is 432 g/mol. The van der Waals surface area contributed by atoms with E-state index in [1.807, 2.05) is 30.3 Å². The molecule has 2 bridgehead atoms. The van der Waals surface area contributed by atoms with Crippen LogP contribution in [-0.2, 0) is 4.74 Å². The number of rotatable bonds is 5. The first-order valence-corrected chi connectivity index (χ1v) is 11.2. The van der Waals surface area contributed by atoms with Crippen LogP contribution in [0.25, 0.3) is 10.9 Å². The maximum Gasteiger partial charge on any atom is 0.412 e. The van der Waals surface area contributed by atoms with Crippen molar-refractivity contribution in [2.24, 2.45) is 11.8 Å². The molecule has 3 saturated heterocycles. The van der Waals surface area contributed by atoms with Crippen molar-refractivity contribution in [3.05, 3.63) is 66.2 Å². The molecule has 1 amide bonds. The van der Waals surface area contributed by atoms with E-state index >= 15 is 0 Å². The minimum atomic E-state index is -0.506. The first-order chi connectivity index (χ1) is 15.5. The molecule has 2 aromatic heterocycles. The van der Waals surface area contributed by atoms with E-state index in [2.05, 4.69) is 33.0 Å². The Hall–Kier alpha value is -3.19. The molecule has 3 aromatic rings. The van der Waals surface area contributed by atoms with Gasteiger partial charge in [0.1, 0.15) is 17.5 Å². The molecule has 7 heteroatoms. The summed E-state index contributed by atoms with van der Waals surface area (Å²) in [5, 5.41) is 7.76. The molecule has 1 aromatic carbocycles. The molecule has 7 nitrogen and oxygen atoms in total. The Morgan fingerprint density at radius 2 is 2.19 bits per heavy atom. The van der Waals surface area contributed by atoms with Gasteiger partial charge in [-0.2, -0.15) is 0 Å². The summed E-state index contributed by atoms with van der Waals surface area (Å²) >= 11 is 0. The van der Waals surface area contributed by atoms with Gasteiger partial charge in [-0.25, -0.2) is 4.79 Å². The van der Waals surface area contributed by atoms with Crippen molar-refractivity contribution in [2.75, 3.05) is 18.4 Å². The zero-order chi connectivity index (χ0) is 22.2. The lowest BCUT2D eigenvalue weighted by molar-refractivity contribution is -0.0473. The lowest BCUT2D eigenvalue weighted by Gasteiger charge is -2.51. The van der Waals surface area contributed by atoms with Crippen LogP contribution in [0.5, 0.6) is 0 Å². The Kier molecular flexibility index (Phi) is 5.43. The van der Waals surface area contributed by atoms with E-state index in [1.165, 1.54) is 0 Å². The highest BCUT2D eigenvalue weighted by Crippen LogP contribution is 2.43. The van der Waals surface area contributed by atoms with Crippen molar-refractivity contribution in [3.8, 4) is 0 Å². The fourth-order valence-electron chi connectivity index (χ4n) is 5.32. The number of aromatic nitrogens is 2. The number of anilines is 1. The number of fused-ring (bicyclic) bond motifs is 4. The summed E-state index contributed by atoms with van der Waals surface area (Å²) in [7, 11) is 0. The van der Waals surface area contributed by atoms with Crippen molar-refractivity contribution in [1.82, 2.24) is 15.0 Å². The summed E-state index contributed by atoms with van der Waals surface area (Å²) in [6.45, 7) is 9.55. The van der Waals surface area contributed by atoms with Gasteiger partial charge in [-0.05, 0) is 57.2 Å². The highest BCUT2D eigenvalue weighted by Gasteiger charge is 2.44. The van der Waals surface area contributed by atoms with Crippen LogP contribution in [0, 0.1) is 25.7 Å². The molecule has 0 radical (unpaired) electrons. The van der Waals surface area contributed by atoms with Crippen LogP contribution >= 0.6 is 0 Å². The predicted octanol–water partition coefficient (Wildman–Crippen LogP) is 5.03. The number of hydrogen-bond acceptors (Lipinski definition) is 6. The molecule has 3 fully saturated rings. The number of nitrogens with zero attached hydrogens (tertiary/aromatic N) is 3. The Labute approximate surface area is 187 Å². The maximum absolute atomic E-state index is 13.1. The summed E-state index contributed by atoms with van der Waals surface area (Å²) < 4.78 is 11.4. The molecule has 6 rings (SSSR count). The first-order valence-electron chi connectivity index (χ1n) is 11.2. The summed E-state index contributed by atoms with van der Waals surface area (Å²) in [5.41, 5.74) is 3.06. The topological polar surface area (TPSA) is 80.5 Å². The SMILES string of the molecule is C=CC1CN2CCC1CC2C(OC(=O)Nc1c(C)noc1C)c1ccnc2ccccc12. The molecule has 1 N–H and O–H groups in total. The molecule has 5 unspecified atom stereocenters. The number of ether oxygens (including phenoxy) is 1. The number of para-hydroxylation sites is 1. The van der Waals surface area contributed by atoms with Gasteiger partial charge in [0.2, 0.25) is 0 Å². The smallest absolute Gasteiger partial charge is 0.412 e. The molecule has 166 valence electrons. The maximum atomic E-state index is 13.1. The second kappa shape index (κ2) is 8.39. The number of hydrogen-bond donors (Lipinski definition) is 1. The predicted molar refractivity (Wildman–Crippen MR) is 122 cm³/mol. The van der Waals surface area contributed by atoms with Crippen LogP contribution in [0.4, 0.5) is 10.5 Å². The molecule has 32 heavy (non-hydrogen) atoms. The first kappa shape index (κ1) is 20.7. The minimum absolute atomic E-state index is 0.103. The van der Waals surface area contributed by atoms with E-state index in [0.717, 1.165) is 42.4 Å². The number of nitrogens with one attached hydrogen (secondary N) is 1. The van der Waals surface area contributed by atoms with E-state index in [-0.39, 0.29) is 6.04 Å². The quantitative estimate of drug-likeness (QED) is 0.570. The third-order valence-electron chi connectivity index (χ3n) is 6.99. The third-order valence-corrected chi connectivity index (χ3v) is 6.99. The van der Waals surface area contributed by atoms with Crippen molar-refractivity contribution >= 4 is 22.7 Å². The average Bonchev–Trinajstić information content (AvgIpc) is 3.14. The second-order valence-corrected chi connectivity index (χ2v) is 8.81. The van der Waals surface area contributed by atoms with Crippen LogP contribution in [0.3, 0.4) is 0 Å². The van der Waals surface area contributed by atoms with Gasteiger partial charge in [0.05, 0.1) is 11.6 Å². The Bertz CT molecular complexity index is 1130. The zero-order valence-electron chi connectivity index (χ0n) is 18.5. The highest BCUT2D eigenvalue weighted by molar-refractivity contribution is 5.87. The summed E-state index contributed by atoms with van der Waals surface area (Å²) in [4.78, 5) is 20.0. The van der Waals surface area contributed by atoms with Gasteiger partial charge >= 0.3 is 6.09 Å². The Morgan fingerprint density at radius 1 is 1.34 bits per heavy atom. The zero-order valence-corrected chi connectivity index (χ0v) is 18.5. The molecular weight excluding hydrogens is 404 g/mol. The number of piperidine rings is 3. The number of aryl methyl sites for hydroxylation is 2. The lowest BCUT2D eigenvalue weighted by atomic mass is 9.73. The summed E-state index contributed by atoms with van der Waals surface area (Å²) in [5.74, 6) is 1.61. The van der Waals surface area contributed by atoms with Crippen LogP contribution < -0.4 is 5.32 Å². The lowest BCUT2D eigenvalue weighted by Crippen LogP contribution is -2.55. The fourth-order valence-corrected chi connectivity index (χ4v) is 5.32. The molecule has 5 heterocycles. The number of carbonyl (C=O) groups excluding carboxylic acids is 1. The third kappa shape index (κ3) is 3.66. The van der Waals surface area contributed by atoms with Gasteiger partial charge in [0, 0.05) is 23.7 Å². The molecule has 0 spiro atoms. The van der Waals surface area contributed by atoms with Crippen molar-refractivity contribution < 1.29 is 14.1 Å². The van der Waals surface area contributed by atoms with Crippen molar-refractivity contribution in [3.63, 3.8) is 0 Å². The normalized spacial score (nSPS) is 25.4. The van der Waals surface area contributed by atoms with E-state index < -0.39 is 12.2 Å². The molecule has 3 aliphatic rings. The molecular formula is C25H28N4O3. The van der Waals surface area contributed by atoms with Crippen molar-refractivity contribution in [1.29, 1.82) is 0 Å². The molecule has 5 atom stereocenters. The van der Waals surface area contributed by atoms with Gasteiger partial charge < -0.3 is 9.26 Å². The Morgan fingerprint density at radius 3 is 2.91 bits per heavy atom. The average molecular weight is 433 g/mol. The standard InChI is InChI=1S/C25H28N4O3/c1-4-17-14-29-12-10-18(17)13-22(29)24(20-9-11-26-21-8-6-5-7-19(20)21)31-25(30)27-23-15(2)28-32-16(23)3/h4-9,11,17-18,22,24H,1,10,12-14H2,2-3H3,(H,27,30). The van der Waals surface area contributed by atoms with Crippen LogP contribution in [0.2, 0.25) is 0 Å². The second-order valence-electron chi connectivity index (χ2n) is 8.81. The van der Waals surface area contributed by atoms with Gasteiger partial charge in [0.15, 0.2) is 5.76 Å². The van der Waals surface area contributed by atoms with Crippen LogP contribution in [-0.4, -0.2) is 40.3 Å². The van der Waals surface area contributed by atoms with E-state index in [4.69, 9.17) is 9.26 Å². The van der Waals surface area contributed by atoms with Gasteiger partial charge in [-0.15, -0.1) is 6.58 Å². The number of carbonyl (C=O) groups is 1. The molecule has 0 saturated carbocycles. The van der Waals surface area contributed by atoms with Gasteiger partial charge in [0.25, 0.3) is 0 Å². The van der Waals surface area contributed by atoms with Gasteiger partial charge in [-0.3, -0.25) is 15.2 Å². The van der Waals surface area contributed by atoms with Crippen molar-refractivity contribution in [2.45, 2.75) is 38.8 Å². The highest BCUT2D eigenvalue weighted by atomic mass is 16.6. The van der Waals surface area contributed by atoms with Gasteiger partial charge in [-0.1, -0.05) is 29.4 Å². The van der Waals surface area contributed by atoms with Crippen LogP contribution in [0.1, 0.15) is 36.0 Å². The largest absolute Gasteiger partial charge is 0.439 e. The summed E-state index contributed by atoms with van der Waals surface area (Å²) in [6, 6.07) is 10.1. The Balaban J connectivity index is 1.49. The number of benzene rings is 1. The minimum Gasteiger partial charge on any atom is -0.439 e. The number of amides is 1. The molecule has 3 aliphatic heterocycles. The number of pyridine rings is 1. The van der Waals surface area contributed by atoms with E-state index in [1.54, 1.807) is 20.0 Å². The van der Waals surface area contributed by atoms with Crippen LogP contribution in [0.15, 0.2) is 53.7 Å². The van der Waals surface area contributed by atoms with E-state index in [0.29, 0.717) is 29.0 Å². The molecule has 0 aliphatic carbocycles.